The van der Waals surface area contributed by atoms with Crippen molar-refractivity contribution in [3.63, 3.8) is 0 Å². The second kappa shape index (κ2) is 11.9. The summed E-state index contributed by atoms with van der Waals surface area (Å²) in [5.41, 5.74) is 0. The van der Waals surface area contributed by atoms with Gasteiger partial charge in [-0.25, -0.2) is 0 Å². The van der Waals surface area contributed by atoms with Gasteiger partial charge >= 0.3 is 5.97 Å². The van der Waals surface area contributed by atoms with Crippen molar-refractivity contribution in [3.8, 4) is 0 Å². The Morgan fingerprint density at radius 3 is 2.05 bits per heavy atom. The molecule has 124 valence electrons. The zero-order valence-electron chi connectivity index (χ0n) is 12.7. The van der Waals surface area contributed by atoms with Crippen LogP contribution >= 0.6 is 0 Å². The SMILES string of the molecule is COCCOCCOCCOCCC(NC1CC1)C(=O)O. The molecule has 2 N–H and O–H groups in total. The van der Waals surface area contributed by atoms with Crippen molar-refractivity contribution >= 4 is 5.97 Å². The predicted octanol–water partition coefficient (Wildman–Crippen LogP) is 0.278. The minimum Gasteiger partial charge on any atom is -0.480 e. The average molecular weight is 305 g/mol. The quantitative estimate of drug-likeness (QED) is 0.420. The van der Waals surface area contributed by atoms with E-state index in [0.717, 1.165) is 12.8 Å². The number of hydrogen-bond donors (Lipinski definition) is 2. The number of carbonyl (C=O) groups is 1. The van der Waals surface area contributed by atoms with Crippen LogP contribution in [-0.2, 0) is 23.7 Å². The van der Waals surface area contributed by atoms with Crippen molar-refractivity contribution in [3.05, 3.63) is 0 Å². The van der Waals surface area contributed by atoms with Gasteiger partial charge < -0.3 is 29.4 Å². The summed E-state index contributed by atoms with van der Waals surface area (Å²) in [5, 5.41) is 12.1. The lowest BCUT2D eigenvalue weighted by Crippen LogP contribution is -2.39. The first-order valence-corrected chi connectivity index (χ1v) is 7.45. The number of carboxylic acids is 1. The fraction of sp³-hybridized carbons (Fsp3) is 0.929. The summed E-state index contributed by atoms with van der Waals surface area (Å²) in [5.74, 6) is -0.810. The molecule has 0 spiro atoms. The maximum atomic E-state index is 11.0. The highest BCUT2D eigenvalue weighted by Gasteiger charge is 2.27. The van der Waals surface area contributed by atoms with Gasteiger partial charge in [0.25, 0.3) is 0 Å². The number of aliphatic carboxylic acids is 1. The van der Waals surface area contributed by atoms with E-state index in [1.807, 2.05) is 0 Å². The third-order valence-electron chi connectivity index (χ3n) is 3.04. The Bertz CT molecular complexity index is 272. The number of hydrogen-bond acceptors (Lipinski definition) is 6. The molecule has 7 nitrogen and oxygen atoms in total. The molecule has 0 saturated heterocycles. The molecular formula is C14H27NO6. The van der Waals surface area contributed by atoms with Crippen LogP contribution in [-0.4, -0.2) is 76.5 Å². The molecule has 1 atom stereocenters. The minimum atomic E-state index is -0.810. The van der Waals surface area contributed by atoms with Crippen molar-refractivity contribution in [2.45, 2.75) is 31.3 Å². The van der Waals surface area contributed by atoms with Crippen LogP contribution in [0.15, 0.2) is 0 Å². The molecule has 1 unspecified atom stereocenters. The van der Waals surface area contributed by atoms with Crippen LogP contribution < -0.4 is 5.32 Å². The molecule has 0 heterocycles. The first-order chi connectivity index (χ1) is 10.2. The Kier molecular flexibility index (Phi) is 10.4. The highest BCUT2D eigenvalue weighted by molar-refractivity contribution is 5.73. The molecule has 1 aliphatic carbocycles. The van der Waals surface area contributed by atoms with Gasteiger partial charge in [-0.1, -0.05) is 0 Å². The molecule has 1 rings (SSSR count). The maximum absolute atomic E-state index is 11.0. The van der Waals surface area contributed by atoms with Crippen LogP contribution in [0.3, 0.4) is 0 Å². The van der Waals surface area contributed by atoms with Crippen molar-refractivity contribution in [1.29, 1.82) is 0 Å². The van der Waals surface area contributed by atoms with Gasteiger partial charge in [0.15, 0.2) is 0 Å². The van der Waals surface area contributed by atoms with E-state index in [0.29, 0.717) is 58.7 Å². The van der Waals surface area contributed by atoms with Gasteiger partial charge in [0, 0.05) is 19.8 Å². The van der Waals surface area contributed by atoms with Gasteiger partial charge in [-0.3, -0.25) is 4.79 Å². The molecule has 0 aromatic heterocycles. The Morgan fingerprint density at radius 2 is 1.57 bits per heavy atom. The van der Waals surface area contributed by atoms with Crippen molar-refractivity contribution < 1.29 is 28.8 Å². The van der Waals surface area contributed by atoms with Crippen LogP contribution in [0.5, 0.6) is 0 Å². The van der Waals surface area contributed by atoms with E-state index in [1.54, 1.807) is 7.11 Å². The number of rotatable bonds is 15. The predicted molar refractivity (Wildman–Crippen MR) is 76.5 cm³/mol. The molecule has 0 amide bonds. The number of carboxylic acid groups (broad SMARTS) is 1. The van der Waals surface area contributed by atoms with Crippen LogP contribution in [0.4, 0.5) is 0 Å². The lowest BCUT2D eigenvalue weighted by atomic mass is 10.2. The molecule has 0 aromatic rings. The van der Waals surface area contributed by atoms with Crippen LogP contribution in [0, 0.1) is 0 Å². The lowest BCUT2D eigenvalue weighted by Gasteiger charge is -2.13. The maximum Gasteiger partial charge on any atom is 0.320 e. The van der Waals surface area contributed by atoms with E-state index in [1.165, 1.54) is 0 Å². The Balaban J connectivity index is 1.83. The topological polar surface area (TPSA) is 86.3 Å². The summed E-state index contributed by atoms with van der Waals surface area (Å²) in [6.45, 7) is 3.59. The monoisotopic (exact) mass is 305 g/mol. The van der Waals surface area contributed by atoms with Gasteiger partial charge in [0.05, 0.1) is 39.6 Å². The summed E-state index contributed by atoms with van der Waals surface area (Å²) in [6.07, 6.45) is 2.63. The molecule has 0 bridgehead atoms. The Labute approximate surface area is 125 Å². The van der Waals surface area contributed by atoms with Crippen molar-refractivity contribution in [2.75, 3.05) is 53.4 Å². The smallest absolute Gasteiger partial charge is 0.320 e. The molecule has 7 heteroatoms. The van der Waals surface area contributed by atoms with Gasteiger partial charge in [0.2, 0.25) is 0 Å². The zero-order chi connectivity index (χ0) is 15.3. The first kappa shape index (κ1) is 18.3. The molecule has 1 aliphatic rings. The molecule has 0 aliphatic heterocycles. The fourth-order valence-corrected chi connectivity index (χ4v) is 1.70. The van der Waals surface area contributed by atoms with Crippen LogP contribution in [0.25, 0.3) is 0 Å². The van der Waals surface area contributed by atoms with E-state index in [4.69, 9.17) is 24.1 Å². The number of ether oxygens (including phenoxy) is 4. The largest absolute Gasteiger partial charge is 0.480 e. The molecule has 0 radical (unpaired) electrons. The van der Waals surface area contributed by atoms with E-state index >= 15 is 0 Å². The third kappa shape index (κ3) is 10.6. The van der Waals surface area contributed by atoms with Gasteiger partial charge in [-0.15, -0.1) is 0 Å². The summed E-state index contributed by atoms with van der Waals surface area (Å²) < 4.78 is 20.8. The third-order valence-corrected chi connectivity index (χ3v) is 3.04. The minimum absolute atomic E-state index is 0.382. The molecule has 1 saturated carbocycles. The van der Waals surface area contributed by atoms with Crippen molar-refractivity contribution in [1.82, 2.24) is 5.32 Å². The average Bonchev–Trinajstić information content (AvgIpc) is 3.27. The van der Waals surface area contributed by atoms with E-state index < -0.39 is 12.0 Å². The molecular weight excluding hydrogens is 278 g/mol. The van der Waals surface area contributed by atoms with E-state index in [9.17, 15) is 4.79 Å². The highest BCUT2D eigenvalue weighted by Crippen LogP contribution is 2.19. The number of nitrogens with one attached hydrogen (secondary N) is 1. The van der Waals surface area contributed by atoms with E-state index in [2.05, 4.69) is 5.32 Å². The summed E-state index contributed by atoms with van der Waals surface area (Å²) in [4.78, 5) is 11.0. The molecule has 21 heavy (non-hydrogen) atoms. The van der Waals surface area contributed by atoms with Crippen LogP contribution in [0.2, 0.25) is 0 Å². The standard InChI is InChI=1S/C14H27NO6/c1-18-6-7-20-10-11-21-9-8-19-5-4-13(14(16)17)15-12-2-3-12/h12-13,15H,2-11H2,1H3,(H,16,17). The lowest BCUT2D eigenvalue weighted by molar-refractivity contribution is -0.140. The van der Waals surface area contributed by atoms with Gasteiger partial charge in [-0.05, 0) is 19.3 Å². The Morgan fingerprint density at radius 1 is 1.05 bits per heavy atom. The molecule has 0 aromatic carbocycles. The van der Waals surface area contributed by atoms with Crippen molar-refractivity contribution in [2.24, 2.45) is 0 Å². The number of methoxy groups -OCH3 is 1. The van der Waals surface area contributed by atoms with Gasteiger partial charge in [0.1, 0.15) is 6.04 Å². The Hall–Kier alpha value is -0.730. The van der Waals surface area contributed by atoms with E-state index in [-0.39, 0.29) is 0 Å². The highest BCUT2D eigenvalue weighted by atomic mass is 16.6. The van der Waals surface area contributed by atoms with Gasteiger partial charge in [-0.2, -0.15) is 0 Å². The normalized spacial score (nSPS) is 16.0. The first-order valence-electron chi connectivity index (χ1n) is 7.45. The zero-order valence-corrected chi connectivity index (χ0v) is 12.7. The molecule has 1 fully saturated rings. The second-order valence-electron chi connectivity index (χ2n) is 4.95. The summed E-state index contributed by atoms with van der Waals surface area (Å²) >= 11 is 0. The van der Waals surface area contributed by atoms with Crippen LogP contribution in [0.1, 0.15) is 19.3 Å². The summed E-state index contributed by atoms with van der Waals surface area (Å²) in [6, 6.07) is -0.125. The summed E-state index contributed by atoms with van der Waals surface area (Å²) in [7, 11) is 1.63. The second-order valence-corrected chi connectivity index (χ2v) is 4.95. The fourth-order valence-electron chi connectivity index (χ4n) is 1.70.